The molecule has 218 valence electrons. The van der Waals surface area contributed by atoms with E-state index in [-0.39, 0.29) is 24.3 Å². The molecule has 1 aromatic carbocycles. The number of nitrogens with zero attached hydrogens (tertiary/aromatic N) is 5. The van der Waals surface area contributed by atoms with Crippen molar-refractivity contribution in [3.8, 4) is 10.8 Å². The summed E-state index contributed by atoms with van der Waals surface area (Å²) in [6, 6.07) is 4.13. The van der Waals surface area contributed by atoms with E-state index in [4.69, 9.17) is 9.47 Å². The van der Waals surface area contributed by atoms with Gasteiger partial charge >= 0.3 is 5.69 Å². The van der Waals surface area contributed by atoms with E-state index in [1.165, 1.54) is 58.4 Å². The fraction of sp³-hybridized carbons (Fsp3) is 0.483. The molecule has 1 fully saturated rings. The highest BCUT2D eigenvalue weighted by atomic mass is 32.1. The quantitative estimate of drug-likeness (QED) is 0.255. The molecule has 12 heteroatoms. The molecule has 5 rings (SSSR count). The number of Topliss-reactive ketones (excluding diaryl/α,β-unsaturated/α-hetero) is 1. The molecule has 3 aromatic heterocycles. The van der Waals surface area contributed by atoms with Gasteiger partial charge in [0.05, 0.1) is 37.5 Å². The first-order valence-electron chi connectivity index (χ1n) is 13.6. The number of carbonyl (C=O) groups is 1. The Hall–Kier alpha value is -3.64. The maximum absolute atomic E-state index is 14.5. The number of hydrogen-bond acceptors (Lipinski definition) is 8. The zero-order valence-corrected chi connectivity index (χ0v) is 24.8. The predicted molar refractivity (Wildman–Crippen MR) is 154 cm³/mol. The second kappa shape index (κ2) is 11.0. The number of rotatable bonds is 11. The molecule has 0 N–H and O–H groups in total. The van der Waals surface area contributed by atoms with Crippen LogP contribution in [-0.2, 0) is 21.6 Å². The second-order valence-electron chi connectivity index (χ2n) is 11.3. The van der Waals surface area contributed by atoms with Crippen molar-refractivity contribution in [2.75, 3.05) is 7.11 Å². The Labute approximate surface area is 240 Å². The van der Waals surface area contributed by atoms with Crippen LogP contribution >= 0.6 is 11.3 Å². The first-order valence-corrected chi connectivity index (χ1v) is 14.4. The molecule has 1 aliphatic carbocycles. The summed E-state index contributed by atoms with van der Waals surface area (Å²) in [6.07, 6.45) is 4.19. The van der Waals surface area contributed by atoms with Crippen molar-refractivity contribution < 1.29 is 18.7 Å². The molecule has 0 radical (unpaired) electrons. The minimum atomic E-state index is -1.39. The summed E-state index contributed by atoms with van der Waals surface area (Å²) in [4.78, 5) is 43.6. The van der Waals surface area contributed by atoms with Crippen LogP contribution in [0, 0.1) is 18.7 Å². The molecule has 0 amide bonds. The smallest absolute Gasteiger partial charge is 0.333 e. The van der Waals surface area contributed by atoms with E-state index in [1.807, 2.05) is 13.8 Å². The van der Waals surface area contributed by atoms with Crippen molar-refractivity contribution in [2.45, 2.75) is 78.2 Å². The maximum Gasteiger partial charge on any atom is 0.333 e. The van der Waals surface area contributed by atoms with Crippen molar-refractivity contribution in [3.63, 3.8) is 0 Å². The number of methoxy groups -OCH3 is 1. The van der Waals surface area contributed by atoms with Crippen molar-refractivity contribution in [3.05, 3.63) is 68.4 Å². The van der Waals surface area contributed by atoms with Crippen molar-refractivity contribution in [1.82, 2.24) is 24.1 Å². The van der Waals surface area contributed by atoms with Crippen LogP contribution in [-0.4, -0.2) is 43.1 Å². The number of ketones is 1. The average Bonchev–Trinajstić information content (AvgIpc) is 3.42. The number of thiophene rings is 1. The minimum absolute atomic E-state index is 0.0631. The predicted octanol–water partition coefficient (Wildman–Crippen LogP) is 4.53. The van der Waals surface area contributed by atoms with Gasteiger partial charge in [-0.15, -0.1) is 4.80 Å². The number of benzene rings is 1. The number of carbonyl (C=O) groups excluding carboxylic acids is 1. The van der Waals surface area contributed by atoms with Crippen molar-refractivity contribution in [1.29, 1.82) is 0 Å². The number of aromatic nitrogens is 5. The first-order chi connectivity index (χ1) is 19.4. The molecule has 1 atom stereocenters. The van der Waals surface area contributed by atoms with Gasteiger partial charge in [-0.2, -0.15) is 10.2 Å². The monoisotopic (exact) mass is 583 g/mol. The van der Waals surface area contributed by atoms with Crippen LogP contribution in [0.2, 0.25) is 0 Å². The van der Waals surface area contributed by atoms with E-state index in [0.717, 1.165) is 17.4 Å². The van der Waals surface area contributed by atoms with E-state index in [9.17, 15) is 18.8 Å². The van der Waals surface area contributed by atoms with Gasteiger partial charge in [0.25, 0.3) is 5.56 Å². The zero-order valence-electron chi connectivity index (χ0n) is 24.0. The number of hydrogen-bond donors (Lipinski definition) is 0. The van der Waals surface area contributed by atoms with Crippen LogP contribution in [0.3, 0.4) is 0 Å². The normalized spacial score (nSPS) is 14.6. The lowest BCUT2D eigenvalue weighted by molar-refractivity contribution is -0.126. The Morgan fingerprint density at radius 2 is 1.88 bits per heavy atom. The molecular weight excluding hydrogens is 549 g/mol. The van der Waals surface area contributed by atoms with Crippen LogP contribution in [0.4, 0.5) is 4.39 Å². The molecule has 1 aliphatic rings. The van der Waals surface area contributed by atoms with Gasteiger partial charge in [0.15, 0.2) is 5.78 Å². The van der Waals surface area contributed by atoms with Crippen LogP contribution in [0.1, 0.15) is 64.2 Å². The largest absolute Gasteiger partial charge is 0.496 e. The van der Waals surface area contributed by atoms with Gasteiger partial charge < -0.3 is 9.47 Å². The lowest BCUT2D eigenvalue weighted by atomic mass is 9.94. The Bertz CT molecular complexity index is 1720. The molecule has 10 nitrogen and oxygen atoms in total. The molecule has 4 aromatic rings. The third-order valence-electron chi connectivity index (χ3n) is 7.52. The fourth-order valence-corrected chi connectivity index (χ4v) is 6.34. The summed E-state index contributed by atoms with van der Waals surface area (Å²) in [5.41, 5.74) is -1.58. The Morgan fingerprint density at radius 3 is 2.49 bits per heavy atom. The molecule has 0 spiro atoms. The zero-order chi connectivity index (χ0) is 29.6. The molecule has 0 unspecified atom stereocenters. The van der Waals surface area contributed by atoms with Gasteiger partial charge in [-0.25, -0.2) is 13.8 Å². The highest BCUT2D eigenvalue weighted by Gasteiger charge is 2.38. The lowest BCUT2D eigenvalue weighted by Crippen LogP contribution is -2.52. The second-order valence-corrected chi connectivity index (χ2v) is 12.2. The van der Waals surface area contributed by atoms with Crippen LogP contribution < -0.4 is 16.0 Å². The third kappa shape index (κ3) is 5.38. The number of halogens is 1. The number of aryl methyl sites for hydroxylation is 1. The number of fused-ring (bicyclic) bond motifs is 1. The van der Waals surface area contributed by atoms with Crippen LogP contribution in [0.5, 0.6) is 5.75 Å². The van der Waals surface area contributed by atoms with E-state index in [2.05, 4.69) is 10.2 Å². The van der Waals surface area contributed by atoms with Gasteiger partial charge in [0.2, 0.25) is 0 Å². The first kappa shape index (κ1) is 28.9. The van der Waals surface area contributed by atoms with Gasteiger partial charge in [-0.05, 0) is 71.6 Å². The Balaban J connectivity index is 1.77. The minimum Gasteiger partial charge on any atom is -0.496 e. The molecule has 3 heterocycles. The Kier molecular flexibility index (Phi) is 7.73. The SMILES string of the molecule is COc1ccc(F)cc1[C@H](Cn1c(=O)n(C(C)(C)C(=O)CC2CC2)c(=O)c2c(C)c(-n3nccn3)sc21)OC(C)C. The lowest BCUT2D eigenvalue weighted by Gasteiger charge is -2.28. The number of ether oxygens (including phenoxy) is 2. The Morgan fingerprint density at radius 1 is 1.20 bits per heavy atom. The van der Waals surface area contributed by atoms with Crippen LogP contribution in [0.15, 0.2) is 40.2 Å². The van der Waals surface area contributed by atoms with Crippen molar-refractivity contribution >= 4 is 27.3 Å². The summed E-state index contributed by atoms with van der Waals surface area (Å²) < 4.78 is 28.7. The van der Waals surface area contributed by atoms with Gasteiger partial charge in [-0.1, -0.05) is 11.3 Å². The molecule has 0 saturated heterocycles. The molecule has 41 heavy (non-hydrogen) atoms. The highest BCUT2D eigenvalue weighted by Crippen LogP contribution is 2.37. The van der Waals surface area contributed by atoms with Gasteiger partial charge in [0, 0.05) is 17.5 Å². The third-order valence-corrected chi connectivity index (χ3v) is 8.80. The van der Waals surface area contributed by atoms with E-state index < -0.39 is 28.7 Å². The van der Waals surface area contributed by atoms with Gasteiger partial charge in [-0.3, -0.25) is 14.2 Å². The standard InChI is InChI=1S/C29H34FN5O5S/c1-16(2)40-22(20-14-19(30)9-10-21(20)39-6)15-33-27-24(17(3)26(41-27)35-31-11-12-32-35)25(37)34(28(33)38)29(4,5)23(36)13-18-7-8-18/h9-12,14,16,18,22H,7-8,13,15H2,1-6H3/t22-/m0/s1. The van der Waals surface area contributed by atoms with E-state index in [0.29, 0.717) is 38.5 Å². The molecule has 0 bridgehead atoms. The highest BCUT2D eigenvalue weighted by molar-refractivity contribution is 7.21. The van der Waals surface area contributed by atoms with Crippen LogP contribution in [0.25, 0.3) is 15.2 Å². The molecular formula is C29H34FN5O5S. The maximum atomic E-state index is 14.5. The fourth-order valence-electron chi connectivity index (χ4n) is 5.12. The van der Waals surface area contributed by atoms with Crippen molar-refractivity contribution in [2.24, 2.45) is 5.92 Å². The molecule has 1 saturated carbocycles. The summed E-state index contributed by atoms with van der Waals surface area (Å²) in [6.45, 7) is 8.63. The summed E-state index contributed by atoms with van der Waals surface area (Å²) in [5, 5.41) is 9.32. The summed E-state index contributed by atoms with van der Waals surface area (Å²) in [5.74, 6) is 0.0339. The average molecular weight is 584 g/mol. The summed E-state index contributed by atoms with van der Waals surface area (Å²) >= 11 is 1.20. The molecule has 0 aliphatic heterocycles. The van der Waals surface area contributed by atoms with E-state index >= 15 is 0 Å². The topological polar surface area (TPSA) is 110 Å². The summed E-state index contributed by atoms with van der Waals surface area (Å²) in [7, 11) is 1.48. The van der Waals surface area contributed by atoms with E-state index in [1.54, 1.807) is 20.8 Å². The van der Waals surface area contributed by atoms with Gasteiger partial charge in [0.1, 0.15) is 33.0 Å².